The van der Waals surface area contributed by atoms with Gasteiger partial charge in [-0.15, -0.1) is 0 Å². The number of hydrogen-bond donors (Lipinski definition) is 0. The quantitative estimate of drug-likeness (QED) is 0.533. The van der Waals surface area contributed by atoms with Crippen LogP contribution in [-0.4, -0.2) is 14.2 Å². The summed E-state index contributed by atoms with van der Waals surface area (Å²) in [6.07, 6.45) is 0. The summed E-state index contributed by atoms with van der Waals surface area (Å²) in [6, 6.07) is 7.33. The summed E-state index contributed by atoms with van der Waals surface area (Å²) >= 11 is 0. The van der Waals surface area contributed by atoms with Crippen LogP contribution in [-0.2, 0) is 0 Å². The third-order valence-corrected chi connectivity index (χ3v) is 3.81. The predicted molar refractivity (Wildman–Crippen MR) is 82.6 cm³/mol. The minimum absolute atomic E-state index is 0.368. The van der Waals surface area contributed by atoms with E-state index in [0.717, 1.165) is 21.9 Å². The Balaban J connectivity index is 2.67. The second-order valence-corrected chi connectivity index (χ2v) is 5.00. The molecule has 4 nitrogen and oxygen atoms in total. The third kappa shape index (κ3) is 1.87. The first-order chi connectivity index (χ1) is 10.1. The molecule has 0 fully saturated rings. The molecule has 0 atom stereocenters. The van der Waals surface area contributed by atoms with Gasteiger partial charge in [0.15, 0.2) is 0 Å². The Labute approximate surface area is 121 Å². The van der Waals surface area contributed by atoms with Gasteiger partial charge in [-0.2, -0.15) is 0 Å². The molecule has 0 aliphatic rings. The third-order valence-electron chi connectivity index (χ3n) is 3.81. The van der Waals surface area contributed by atoms with E-state index >= 15 is 0 Å². The Bertz CT molecular complexity index is 906. The average Bonchev–Trinajstić information content (AvgIpc) is 2.50. The number of ether oxygens (including phenoxy) is 2. The van der Waals surface area contributed by atoms with Crippen molar-refractivity contribution >= 4 is 21.7 Å². The standard InChI is InChI=1S/C17H16O4/c1-9-8-13(20-4)10(2)16-14(9)15-11(17(18)21-16)6-5-7-12(15)19-3/h5-8H,1-4H3. The largest absolute Gasteiger partial charge is 0.496 e. The van der Waals surface area contributed by atoms with E-state index in [4.69, 9.17) is 13.9 Å². The molecular weight excluding hydrogens is 268 g/mol. The lowest BCUT2D eigenvalue weighted by Gasteiger charge is -2.13. The summed E-state index contributed by atoms with van der Waals surface area (Å²) in [7, 11) is 3.20. The van der Waals surface area contributed by atoms with Gasteiger partial charge in [-0.05, 0) is 37.6 Å². The van der Waals surface area contributed by atoms with Gasteiger partial charge in [0, 0.05) is 16.3 Å². The van der Waals surface area contributed by atoms with Gasteiger partial charge >= 0.3 is 5.63 Å². The van der Waals surface area contributed by atoms with Crippen LogP contribution in [0.25, 0.3) is 21.7 Å². The summed E-state index contributed by atoms with van der Waals surface area (Å²) in [5.74, 6) is 1.37. The molecule has 0 spiro atoms. The summed E-state index contributed by atoms with van der Waals surface area (Å²) in [6.45, 7) is 3.85. The zero-order valence-corrected chi connectivity index (χ0v) is 12.4. The summed E-state index contributed by atoms with van der Waals surface area (Å²) < 4.78 is 16.3. The van der Waals surface area contributed by atoms with Crippen molar-refractivity contribution in [1.29, 1.82) is 0 Å². The Hall–Kier alpha value is -2.49. The molecule has 0 N–H and O–H groups in total. The van der Waals surface area contributed by atoms with Gasteiger partial charge in [-0.25, -0.2) is 4.79 Å². The highest BCUT2D eigenvalue weighted by molar-refractivity contribution is 6.10. The average molecular weight is 284 g/mol. The van der Waals surface area contributed by atoms with Crippen molar-refractivity contribution in [2.45, 2.75) is 13.8 Å². The lowest BCUT2D eigenvalue weighted by atomic mass is 9.99. The van der Waals surface area contributed by atoms with E-state index in [9.17, 15) is 4.79 Å². The van der Waals surface area contributed by atoms with Crippen LogP contribution in [0.5, 0.6) is 11.5 Å². The molecular formula is C17H16O4. The molecule has 0 unspecified atom stereocenters. The zero-order chi connectivity index (χ0) is 15.1. The van der Waals surface area contributed by atoms with Crippen LogP contribution in [0.4, 0.5) is 0 Å². The number of methoxy groups -OCH3 is 2. The molecule has 2 aromatic carbocycles. The molecule has 0 saturated carbocycles. The van der Waals surface area contributed by atoms with E-state index in [0.29, 0.717) is 22.5 Å². The van der Waals surface area contributed by atoms with Crippen molar-refractivity contribution in [1.82, 2.24) is 0 Å². The van der Waals surface area contributed by atoms with Crippen molar-refractivity contribution in [3.8, 4) is 11.5 Å². The number of benzene rings is 2. The first-order valence-electron chi connectivity index (χ1n) is 6.66. The van der Waals surface area contributed by atoms with E-state index in [1.807, 2.05) is 26.0 Å². The Morgan fingerprint density at radius 1 is 1.00 bits per heavy atom. The number of fused-ring (bicyclic) bond motifs is 3. The van der Waals surface area contributed by atoms with Crippen LogP contribution in [0.1, 0.15) is 11.1 Å². The number of rotatable bonds is 2. The molecule has 0 aliphatic heterocycles. The maximum absolute atomic E-state index is 12.3. The molecule has 3 aromatic rings. The summed E-state index contributed by atoms with van der Waals surface area (Å²) in [5.41, 5.74) is 1.97. The van der Waals surface area contributed by atoms with Gasteiger partial charge in [-0.3, -0.25) is 0 Å². The Morgan fingerprint density at radius 3 is 2.38 bits per heavy atom. The molecule has 108 valence electrons. The molecule has 0 saturated heterocycles. The topological polar surface area (TPSA) is 48.7 Å². The van der Waals surface area contributed by atoms with E-state index in [1.165, 1.54) is 0 Å². The highest BCUT2D eigenvalue weighted by Gasteiger charge is 2.17. The lowest BCUT2D eigenvalue weighted by molar-refractivity contribution is 0.410. The second kappa shape index (κ2) is 4.81. The minimum Gasteiger partial charge on any atom is -0.496 e. The molecule has 0 amide bonds. The fourth-order valence-electron chi connectivity index (χ4n) is 2.78. The maximum Gasteiger partial charge on any atom is 0.344 e. The highest BCUT2D eigenvalue weighted by atomic mass is 16.5. The Morgan fingerprint density at radius 2 is 1.71 bits per heavy atom. The molecule has 0 radical (unpaired) electrons. The number of hydrogen-bond acceptors (Lipinski definition) is 4. The van der Waals surface area contributed by atoms with Crippen LogP contribution < -0.4 is 15.1 Å². The van der Waals surface area contributed by atoms with Crippen molar-refractivity contribution in [2.75, 3.05) is 14.2 Å². The fourth-order valence-corrected chi connectivity index (χ4v) is 2.78. The van der Waals surface area contributed by atoms with Gasteiger partial charge in [0.1, 0.15) is 17.1 Å². The van der Waals surface area contributed by atoms with Gasteiger partial charge in [0.25, 0.3) is 0 Å². The molecule has 1 aromatic heterocycles. The van der Waals surface area contributed by atoms with Crippen molar-refractivity contribution in [2.24, 2.45) is 0 Å². The van der Waals surface area contributed by atoms with Crippen LogP contribution in [0.2, 0.25) is 0 Å². The second-order valence-electron chi connectivity index (χ2n) is 5.00. The molecule has 4 heteroatoms. The minimum atomic E-state index is -0.368. The summed E-state index contributed by atoms with van der Waals surface area (Å²) in [5, 5.41) is 2.20. The van der Waals surface area contributed by atoms with Gasteiger partial charge in [0.2, 0.25) is 0 Å². The van der Waals surface area contributed by atoms with Crippen LogP contribution in [0.15, 0.2) is 33.5 Å². The van der Waals surface area contributed by atoms with E-state index in [2.05, 4.69) is 0 Å². The van der Waals surface area contributed by atoms with E-state index < -0.39 is 0 Å². The smallest absolute Gasteiger partial charge is 0.344 e. The van der Waals surface area contributed by atoms with Crippen LogP contribution in [0, 0.1) is 13.8 Å². The Kier molecular flexibility index (Phi) is 3.09. The van der Waals surface area contributed by atoms with E-state index in [-0.39, 0.29) is 5.63 Å². The highest BCUT2D eigenvalue weighted by Crippen LogP contribution is 2.37. The van der Waals surface area contributed by atoms with Crippen LogP contribution >= 0.6 is 0 Å². The summed E-state index contributed by atoms with van der Waals surface area (Å²) in [4.78, 5) is 12.3. The van der Waals surface area contributed by atoms with Crippen molar-refractivity contribution in [3.05, 3.63) is 45.8 Å². The molecule has 0 aliphatic carbocycles. The molecule has 21 heavy (non-hydrogen) atoms. The SMILES string of the molecule is COc1cc(C)c2c(oc(=O)c3cccc(OC)c32)c1C. The van der Waals surface area contributed by atoms with Crippen LogP contribution in [0.3, 0.4) is 0 Å². The molecule has 0 bridgehead atoms. The van der Waals surface area contributed by atoms with Gasteiger partial charge in [0.05, 0.1) is 19.6 Å². The van der Waals surface area contributed by atoms with Gasteiger partial charge in [-0.1, -0.05) is 6.07 Å². The van der Waals surface area contributed by atoms with Gasteiger partial charge < -0.3 is 13.9 Å². The first kappa shape index (κ1) is 13.5. The molecule has 1 heterocycles. The first-order valence-corrected chi connectivity index (χ1v) is 6.66. The van der Waals surface area contributed by atoms with E-state index in [1.54, 1.807) is 26.4 Å². The lowest BCUT2D eigenvalue weighted by Crippen LogP contribution is -2.03. The van der Waals surface area contributed by atoms with Crippen molar-refractivity contribution < 1.29 is 13.9 Å². The predicted octanol–water partition coefficient (Wildman–Crippen LogP) is 3.58. The fraction of sp³-hybridized carbons (Fsp3) is 0.235. The monoisotopic (exact) mass is 284 g/mol. The number of aryl methyl sites for hydroxylation is 2. The normalized spacial score (nSPS) is 11.0. The maximum atomic E-state index is 12.3. The molecule has 3 rings (SSSR count). The van der Waals surface area contributed by atoms with Crippen molar-refractivity contribution in [3.63, 3.8) is 0 Å². The zero-order valence-electron chi connectivity index (χ0n) is 12.4.